The number of alkyl halides is 1. The van der Waals surface area contributed by atoms with Gasteiger partial charge in [-0.25, -0.2) is 18.2 Å². The molecule has 0 radical (unpaired) electrons. The number of halogens is 3. The van der Waals surface area contributed by atoms with Crippen LogP contribution in [0.15, 0.2) is 17.0 Å². The van der Waals surface area contributed by atoms with Crippen molar-refractivity contribution in [3.8, 4) is 6.01 Å². The molecule has 0 spiro atoms. The van der Waals surface area contributed by atoms with Crippen LogP contribution < -0.4 is 20.7 Å². The van der Waals surface area contributed by atoms with E-state index in [0.717, 1.165) is 30.7 Å². The first-order valence-electron chi connectivity index (χ1n) is 14.7. The number of hydrogen-bond acceptors (Lipinski definition) is 12. The number of ether oxygens (including phenoxy) is 2. The second-order valence-electron chi connectivity index (χ2n) is 12.0. The van der Waals surface area contributed by atoms with Crippen molar-refractivity contribution in [1.29, 1.82) is 0 Å². The van der Waals surface area contributed by atoms with Crippen LogP contribution in [0.1, 0.15) is 30.5 Å². The molecule has 4 fully saturated rings. The SMILES string of the molecule is CN1C(c2ccc(F)c3sc(N)nc23)=C(F)c2nc(OC[C@@]34CCCN3C[C@H](F)C4)nc(N3C4CNCC3COC4)c2[S+]1[O-]. The normalized spacial score (nSPS) is 30.3. The van der Waals surface area contributed by atoms with Crippen LogP contribution in [0.3, 0.4) is 0 Å². The van der Waals surface area contributed by atoms with Gasteiger partial charge in [-0.05, 0) is 31.5 Å². The second-order valence-corrected chi connectivity index (χ2v) is 14.5. The van der Waals surface area contributed by atoms with Crippen molar-refractivity contribution in [2.75, 3.05) is 63.7 Å². The van der Waals surface area contributed by atoms with Gasteiger partial charge in [0.25, 0.3) is 4.90 Å². The lowest BCUT2D eigenvalue weighted by atomic mass is 9.95. The van der Waals surface area contributed by atoms with Crippen molar-refractivity contribution in [2.24, 2.45) is 0 Å². The number of anilines is 2. The quantitative estimate of drug-likeness (QED) is 0.397. The molecule has 234 valence electrons. The number of nitrogens with zero attached hydrogens (tertiary/aromatic N) is 6. The molecule has 7 heterocycles. The van der Waals surface area contributed by atoms with Gasteiger partial charge < -0.3 is 30.0 Å². The molecule has 44 heavy (non-hydrogen) atoms. The zero-order valence-electron chi connectivity index (χ0n) is 23.9. The third-order valence-corrected chi connectivity index (χ3v) is 11.7. The molecule has 4 saturated heterocycles. The lowest BCUT2D eigenvalue weighted by Gasteiger charge is -2.47. The Hall–Kier alpha value is -2.89. The first kappa shape index (κ1) is 28.6. The van der Waals surface area contributed by atoms with Crippen LogP contribution in [0.4, 0.5) is 24.1 Å². The predicted molar refractivity (Wildman–Crippen MR) is 160 cm³/mol. The molecule has 8 rings (SSSR count). The van der Waals surface area contributed by atoms with Crippen LogP contribution in [-0.4, -0.2) is 106 Å². The number of hydrogen-bond donors (Lipinski definition) is 2. The summed E-state index contributed by atoms with van der Waals surface area (Å²) in [6.07, 6.45) is 1.15. The average Bonchev–Trinajstić information content (AvgIpc) is 3.67. The number of nitrogen functional groups attached to an aromatic ring is 1. The van der Waals surface area contributed by atoms with Gasteiger partial charge in [0.1, 0.15) is 35.7 Å². The first-order chi connectivity index (χ1) is 21.2. The molecule has 16 heteroatoms. The van der Waals surface area contributed by atoms with E-state index in [-0.39, 0.29) is 61.9 Å². The highest BCUT2D eigenvalue weighted by atomic mass is 32.2. The summed E-state index contributed by atoms with van der Waals surface area (Å²) < 4.78 is 73.8. The third kappa shape index (κ3) is 4.36. The zero-order valence-corrected chi connectivity index (χ0v) is 25.5. The van der Waals surface area contributed by atoms with Gasteiger partial charge >= 0.3 is 6.01 Å². The van der Waals surface area contributed by atoms with E-state index in [4.69, 9.17) is 20.2 Å². The molecule has 5 atom stereocenters. The van der Waals surface area contributed by atoms with Crippen LogP contribution in [-0.2, 0) is 16.1 Å². The van der Waals surface area contributed by atoms with Crippen LogP contribution in [0.5, 0.6) is 6.01 Å². The maximum atomic E-state index is 16.9. The third-order valence-electron chi connectivity index (χ3n) is 9.39. The summed E-state index contributed by atoms with van der Waals surface area (Å²) in [6.45, 7) is 3.35. The Morgan fingerprint density at radius 2 is 2.02 bits per heavy atom. The highest BCUT2D eigenvalue weighted by Crippen LogP contribution is 2.47. The van der Waals surface area contributed by atoms with Gasteiger partial charge in [-0.2, -0.15) is 14.3 Å². The van der Waals surface area contributed by atoms with Crippen LogP contribution in [0.25, 0.3) is 21.7 Å². The highest BCUT2D eigenvalue weighted by molar-refractivity contribution is 7.89. The van der Waals surface area contributed by atoms with Gasteiger partial charge in [0.15, 0.2) is 22.5 Å². The lowest BCUT2D eigenvalue weighted by Crippen LogP contribution is -2.64. The summed E-state index contributed by atoms with van der Waals surface area (Å²) in [5.41, 5.74) is 5.63. The van der Waals surface area contributed by atoms with Crippen molar-refractivity contribution in [3.05, 3.63) is 29.2 Å². The summed E-state index contributed by atoms with van der Waals surface area (Å²) >= 11 is -0.997. The Morgan fingerprint density at radius 1 is 1.23 bits per heavy atom. The summed E-state index contributed by atoms with van der Waals surface area (Å²) in [7, 11) is 1.51. The summed E-state index contributed by atoms with van der Waals surface area (Å²) in [6, 6.07) is 2.29. The van der Waals surface area contributed by atoms with Gasteiger partial charge in [-0.3, -0.25) is 4.90 Å². The number of benzene rings is 1. The molecule has 0 amide bonds. The Morgan fingerprint density at radius 3 is 2.82 bits per heavy atom. The molecule has 11 nitrogen and oxygen atoms in total. The fourth-order valence-electron chi connectivity index (χ4n) is 7.43. The Bertz CT molecular complexity index is 1660. The molecule has 3 aromatic rings. The van der Waals surface area contributed by atoms with E-state index in [1.54, 1.807) is 0 Å². The number of aromatic nitrogens is 3. The Labute approximate surface area is 258 Å². The molecule has 0 saturated carbocycles. The van der Waals surface area contributed by atoms with Crippen LogP contribution in [0.2, 0.25) is 0 Å². The number of rotatable bonds is 5. The van der Waals surface area contributed by atoms with Crippen LogP contribution >= 0.6 is 11.3 Å². The van der Waals surface area contributed by atoms with Gasteiger partial charge in [-0.1, -0.05) is 11.3 Å². The molecule has 3 unspecified atom stereocenters. The maximum absolute atomic E-state index is 16.9. The zero-order chi connectivity index (χ0) is 30.3. The summed E-state index contributed by atoms with van der Waals surface area (Å²) in [4.78, 5) is 17.8. The van der Waals surface area contributed by atoms with E-state index in [1.807, 2.05) is 4.90 Å². The smallest absolute Gasteiger partial charge is 0.319 e. The molecule has 5 aliphatic heterocycles. The molecule has 0 aliphatic carbocycles. The van der Waals surface area contributed by atoms with E-state index in [2.05, 4.69) is 20.2 Å². The molecule has 2 bridgehead atoms. The number of nitrogens with one attached hydrogen (secondary N) is 1. The Kier molecular flexibility index (Phi) is 6.88. The fraction of sp³-hybridized carbons (Fsp3) is 0.536. The number of morpholine rings is 1. The summed E-state index contributed by atoms with van der Waals surface area (Å²) in [5.74, 6) is -0.978. The van der Waals surface area contributed by atoms with Gasteiger partial charge in [0.05, 0.1) is 48.1 Å². The minimum absolute atomic E-state index is 0.0535. The molecule has 5 aliphatic rings. The lowest BCUT2D eigenvalue weighted by molar-refractivity contribution is 0.0516. The van der Waals surface area contributed by atoms with E-state index in [1.165, 1.54) is 23.5 Å². The minimum atomic E-state index is -1.95. The largest absolute Gasteiger partial charge is 0.588 e. The van der Waals surface area contributed by atoms with Crippen molar-refractivity contribution in [1.82, 2.24) is 29.5 Å². The van der Waals surface area contributed by atoms with Crippen LogP contribution in [0, 0.1) is 5.82 Å². The maximum Gasteiger partial charge on any atom is 0.319 e. The van der Waals surface area contributed by atoms with Crippen molar-refractivity contribution < 1.29 is 27.2 Å². The summed E-state index contributed by atoms with van der Waals surface area (Å²) in [5, 5.41) is 3.53. The van der Waals surface area contributed by atoms with E-state index < -0.39 is 34.7 Å². The number of piperazine rings is 1. The van der Waals surface area contributed by atoms with E-state index in [0.29, 0.717) is 45.1 Å². The first-order valence-corrected chi connectivity index (χ1v) is 16.6. The second kappa shape index (κ2) is 10.6. The van der Waals surface area contributed by atoms with Gasteiger partial charge in [0, 0.05) is 31.6 Å². The van der Waals surface area contributed by atoms with Crippen molar-refractivity contribution >= 4 is 55.4 Å². The van der Waals surface area contributed by atoms with Crippen molar-refractivity contribution in [3.63, 3.8) is 0 Å². The number of nitrogens with two attached hydrogens (primary N) is 1. The molecule has 3 N–H and O–H groups in total. The molecule has 1 aromatic carbocycles. The average molecular weight is 649 g/mol. The standard InChI is InChI=1S/C28H31F3N8O3S2/c1-37-22(17-3-4-18(30)23-20(17)34-26(32)43-23)19(31)21-24(44(37)40)25(39-15-8-33-9-16(39)12-41-11-15)36-27(35-21)42-13-28-5-2-6-38(28)10-14(29)7-28/h3-4,14-16,33H,2,5-13H2,1H3,(H2,32,34)/t14-,15?,16?,28+,44?/m1/s1. The number of fused-ring (bicyclic) bond motifs is 5. The number of thiazole rings is 1. The molecular formula is C28H31F3N8O3S2. The molecule has 2 aromatic heterocycles. The predicted octanol–water partition coefficient (Wildman–Crippen LogP) is 2.70. The monoisotopic (exact) mass is 648 g/mol. The highest BCUT2D eigenvalue weighted by Gasteiger charge is 2.50. The fourth-order valence-corrected chi connectivity index (χ4v) is 9.42. The van der Waals surface area contributed by atoms with E-state index >= 15 is 4.39 Å². The molecular weight excluding hydrogens is 617 g/mol. The Balaban J connectivity index is 1.28. The van der Waals surface area contributed by atoms with E-state index in [9.17, 15) is 13.3 Å². The topological polar surface area (TPSA) is 128 Å². The minimum Gasteiger partial charge on any atom is -0.588 e. The van der Waals surface area contributed by atoms with Crippen molar-refractivity contribution in [2.45, 2.75) is 48.0 Å². The van der Waals surface area contributed by atoms with Gasteiger partial charge in [0.2, 0.25) is 0 Å². The van der Waals surface area contributed by atoms with Gasteiger partial charge in [-0.15, -0.1) is 0 Å².